The highest BCUT2D eigenvalue weighted by atomic mass is 79.9. The van der Waals surface area contributed by atoms with Crippen LogP contribution in [0.4, 0.5) is 11.4 Å². The van der Waals surface area contributed by atoms with Crippen LogP contribution in [0.2, 0.25) is 0 Å². The van der Waals surface area contributed by atoms with Crippen LogP contribution < -0.4 is 11.1 Å². The van der Waals surface area contributed by atoms with Crippen LogP contribution in [-0.2, 0) is 0 Å². The fourth-order valence-electron chi connectivity index (χ4n) is 2.09. The third-order valence-electron chi connectivity index (χ3n) is 3.20. The predicted molar refractivity (Wildman–Crippen MR) is 98.4 cm³/mol. The lowest BCUT2D eigenvalue weighted by molar-refractivity contribution is 0.0997. The third kappa shape index (κ3) is 3.65. The van der Waals surface area contributed by atoms with E-state index in [4.69, 9.17) is 10.2 Å². The number of nitrogens with two attached hydrogens (primary N) is 1. The molecular formula is C17H12Br2N2O2. The summed E-state index contributed by atoms with van der Waals surface area (Å²) in [6.45, 7) is 0. The molecule has 23 heavy (non-hydrogen) atoms. The second-order valence-electron chi connectivity index (χ2n) is 4.86. The second-order valence-corrected chi connectivity index (χ2v) is 6.69. The largest absolute Gasteiger partial charge is 0.451 e. The van der Waals surface area contributed by atoms with Crippen LogP contribution >= 0.6 is 31.9 Å². The number of carbonyl (C=O) groups is 1. The molecule has 0 spiro atoms. The number of anilines is 2. The maximum Gasteiger partial charge on any atom is 0.291 e. The number of rotatable bonds is 3. The van der Waals surface area contributed by atoms with E-state index < -0.39 is 0 Å². The highest BCUT2D eigenvalue weighted by Gasteiger charge is 2.14. The number of halogens is 2. The minimum Gasteiger partial charge on any atom is -0.451 e. The van der Waals surface area contributed by atoms with Gasteiger partial charge in [0.2, 0.25) is 0 Å². The maximum atomic E-state index is 12.3. The van der Waals surface area contributed by atoms with Gasteiger partial charge in [0.25, 0.3) is 5.91 Å². The maximum absolute atomic E-state index is 12.3. The van der Waals surface area contributed by atoms with Crippen LogP contribution in [0.3, 0.4) is 0 Å². The summed E-state index contributed by atoms with van der Waals surface area (Å²) in [7, 11) is 0. The lowest BCUT2D eigenvalue weighted by atomic mass is 10.2. The molecule has 0 saturated heterocycles. The van der Waals surface area contributed by atoms with Gasteiger partial charge in [0.05, 0.1) is 11.4 Å². The van der Waals surface area contributed by atoms with E-state index in [0.29, 0.717) is 17.1 Å². The molecule has 0 aliphatic rings. The van der Waals surface area contributed by atoms with Crippen molar-refractivity contribution in [3.05, 3.63) is 69.3 Å². The van der Waals surface area contributed by atoms with Crippen LogP contribution in [0.15, 0.2) is 68.0 Å². The Kier molecular flexibility index (Phi) is 4.54. The van der Waals surface area contributed by atoms with E-state index in [9.17, 15) is 4.79 Å². The molecule has 3 N–H and O–H groups in total. The molecule has 2 aromatic carbocycles. The van der Waals surface area contributed by atoms with Gasteiger partial charge in [0.15, 0.2) is 5.76 Å². The molecule has 0 radical (unpaired) electrons. The van der Waals surface area contributed by atoms with Gasteiger partial charge >= 0.3 is 0 Å². The fourth-order valence-corrected chi connectivity index (χ4v) is 2.87. The van der Waals surface area contributed by atoms with Gasteiger partial charge in [-0.15, -0.1) is 0 Å². The van der Waals surface area contributed by atoms with Crippen LogP contribution in [0.1, 0.15) is 10.6 Å². The van der Waals surface area contributed by atoms with Crippen molar-refractivity contribution in [3.8, 4) is 11.3 Å². The van der Waals surface area contributed by atoms with E-state index in [1.54, 1.807) is 30.3 Å². The summed E-state index contributed by atoms with van der Waals surface area (Å²) in [6, 6.07) is 16.3. The molecule has 0 fully saturated rings. The number of benzene rings is 2. The lowest BCUT2D eigenvalue weighted by Gasteiger charge is -2.07. The van der Waals surface area contributed by atoms with E-state index in [0.717, 1.165) is 14.5 Å². The standard InChI is InChI=1S/C17H12Br2N2O2/c18-11-3-1-2-10(8-11)15-6-7-16(23-15)17(22)21-14-5-4-12(19)9-13(14)20/h1-9H,20H2,(H,21,22). The summed E-state index contributed by atoms with van der Waals surface area (Å²) < 4.78 is 7.43. The summed E-state index contributed by atoms with van der Waals surface area (Å²) in [5.74, 6) is 0.503. The molecule has 1 aromatic heterocycles. The van der Waals surface area contributed by atoms with Crippen molar-refractivity contribution in [1.82, 2.24) is 0 Å². The molecule has 0 bridgehead atoms. The number of nitrogens with one attached hydrogen (secondary N) is 1. The number of furan rings is 1. The van der Waals surface area contributed by atoms with E-state index >= 15 is 0 Å². The molecule has 116 valence electrons. The van der Waals surface area contributed by atoms with E-state index in [-0.39, 0.29) is 11.7 Å². The van der Waals surface area contributed by atoms with Crippen molar-refractivity contribution in [2.75, 3.05) is 11.1 Å². The Bertz CT molecular complexity index is 875. The van der Waals surface area contributed by atoms with Crippen LogP contribution in [-0.4, -0.2) is 5.91 Å². The van der Waals surface area contributed by atoms with Gasteiger partial charge in [-0.05, 0) is 42.5 Å². The summed E-state index contributed by atoms with van der Waals surface area (Å²) in [5, 5.41) is 2.74. The van der Waals surface area contributed by atoms with E-state index in [2.05, 4.69) is 37.2 Å². The summed E-state index contributed by atoms with van der Waals surface area (Å²) in [6.07, 6.45) is 0. The minimum absolute atomic E-state index is 0.224. The Balaban J connectivity index is 1.81. The van der Waals surface area contributed by atoms with Crippen LogP contribution in [0.25, 0.3) is 11.3 Å². The number of nitrogen functional groups attached to an aromatic ring is 1. The van der Waals surface area contributed by atoms with Gasteiger partial charge in [-0.3, -0.25) is 4.79 Å². The average Bonchev–Trinajstić information content (AvgIpc) is 3.00. The monoisotopic (exact) mass is 434 g/mol. The Morgan fingerprint density at radius 2 is 1.78 bits per heavy atom. The van der Waals surface area contributed by atoms with Crippen molar-refractivity contribution in [2.45, 2.75) is 0 Å². The Labute approximate surface area is 149 Å². The number of carbonyl (C=O) groups excluding carboxylic acids is 1. The zero-order chi connectivity index (χ0) is 16.4. The quantitative estimate of drug-likeness (QED) is 0.548. The first-order valence-corrected chi connectivity index (χ1v) is 8.34. The molecule has 4 nitrogen and oxygen atoms in total. The molecule has 0 atom stereocenters. The molecular weight excluding hydrogens is 424 g/mol. The molecule has 0 unspecified atom stereocenters. The molecule has 3 rings (SSSR count). The Morgan fingerprint density at radius 1 is 1.00 bits per heavy atom. The Hall–Kier alpha value is -2.05. The highest BCUT2D eigenvalue weighted by Crippen LogP contribution is 2.27. The molecule has 0 aliphatic carbocycles. The zero-order valence-corrected chi connectivity index (χ0v) is 15.0. The van der Waals surface area contributed by atoms with Gasteiger partial charge in [0.1, 0.15) is 5.76 Å². The first-order chi connectivity index (χ1) is 11.0. The van der Waals surface area contributed by atoms with Crippen molar-refractivity contribution in [3.63, 3.8) is 0 Å². The predicted octanol–water partition coefficient (Wildman–Crippen LogP) is 5.31. The van der Waals surface area contributed by atoms with E-state index in [1.807, 2.05) is 24.3 Å². The van der Waals surface area contributed by atoms with Crippen LogP contribution in [0, 0.1) is 0 Å². The van der Waals surface area contributed by atoms with Gasteiger partial charge < -0.3 is 15.5 Å². The normalized spacial score (nSPS) is 10.5. The third-order valence-corrected chi connectivity index (χ3v) is 4.19. The average molecular weight is 436 g/mol. The Morgan fingerprint density at radius 3 is 2.52 bits per heavy atom. The molecule has 0 saturated carbocycles. The van der Waals surface area contributed by atoms with Crippen molar-refractivity contribution in [2.24, 2.45) is 0 Å². The zero-order valence-electron chi connectivity index (χ0n) is 11.8. The summed E-state index contributed by atoms with van der Waals surface area (Å²) in [5.41, 5.74) is 7.79. The second kappa shape index (κ2) is 6.60. The molecule has 1 amide bonds. The highest BCUT2D eigenvalue weighted by molar-refractivity contribution is 9.10. The molecule has 6 heteroatoms. The van der Waals surface area contributed by atoms with Gasteiger partial charge in [-0.25, -0.2) is 0 Å². The van der Waals surface area contributed by atoms with Crippen molar-refractivity contribution < 1.29 is 9.21 Å². The fraction of sp³-hybridized carbons (Fsp3) is 0. The van der Waals surface area contributed by atoms with Gasteiger partial charge in [-0.1, -0.05) is 44.0 Å². The number of amides is 1. The van der Waals surface area contributed by atoms with Crippen molar-refractivity contribution >= 4 is 49.1 Å². The first kappa shape index (κ1) is 15.8. The SMILES string of the molecule is Nc1cc(Br)ccc1NC(=O)c1ccc(-c2cccc(Br)c2)o1. The molecule has 3 aromatic rings. The van der Waals surface area contributed by atoms with Gasteiger partial charge in [-0.2, -0.15) is 0 Å². The van der Waals surface area contributed by atoms with E-state index in [1.165, 1.54) is 0 Å². The topological polar surface area (TPSA) is 68.3 Å². The lowest BCUT2D eigenvalue weighted by Crippen LogP contribution is -2.12. The smallest absolute Gasteiger partial charge is 0.291 e. The summed E-state index contributed by atoms with van der Waals surface area (Å²) in [4.78, 5) is 12.3. The molecule has 0 aliphatic heterocycles. The number of hydrogen-bond donors (Lipinski definition) is 2. The minimum atomic E-state index is -0.347. The molecule has 1 heterocycles. The first-order valence-electron chi connectivity index (χ1n) is 6.75. The van der Waals surface area contributed by atoms with Crippen LogP contribution in [0.5, 0.6) is 0 Å². The summed E-state index contributed by atoms with van der Waals surface area (Å²) >= 11 is 6.74. The number of hydrogen-bond acceptors (Lipinski definition) is 3. The van der Waals surface area contributed by atoms with Crippen molar-refractivity contribution in [1.29, 1.82) is 0 Å². The van der Waals surface area contributed by atoms with Gasteiger partial charge in [0, 0.05) is 14.5 Å².